The fraction of sp³-hybridized carbons (Fsp3) is 0.533. The molecule has 0 fully saturated rings. The highest BCUT2D eigenvalue weighted by Gasteiger charge is 2.02. The highest BCUT2D eigenvalue weighted by atomic mass is 16.5. The number of carbonyl (C=O) groups excluding carboxylic acids is 1. The molecule has 0 radical (unpaired) electrons. The van der Waals surface area contributed by atoms with Crippen molar-refractivity contribution in [3.63, 3.8) is 0 Å². The van der Waals surface area contributed by atoms with Gasteiger partial charge in [0.15, 0.2) is 0 Å². The summed E-state index contributed by atoms with van der Waals surface area (Å²) in [6, 6.07) is 8.06. The summed E-state index contributed by atoms with van der Waals surface area (Å²) in [4.78, 5) is 11.4. The molecule has 1 N–H and O–H groups in total. The number of benzene rings is 1. The summed E-state index contributed by atoms with van der Waals surface area (Å²) < 4.78 is 10.4. The first-order valence-corrected chi connectivity index (χ1v) is 6.72. The van der Waals surface area contributed by atoms with Crippen molar-refractivity contribution in [2.75, 3.05) is 13.2 Å². The average molecular weight is 265 g/mol. The normalized spacial score (nSPS) is 10.5. The molecule has 0 bridgehead atoms. The maximum atomic E-state index is 11.4. The Labute approximate surface area is 115 Å². The topological polar surface area (TPSA) is 47.6 Å². The van der Waals surface area contributed by atoms with E-state index in [9.17, 15) is 4.79 Å². The number of amides is 1. The summed E-state index contributed by atoms with van der Waals surface area (Å²) in [7, 11) is 0. The van der Waals surface area contributed by atoms with Crippen LogP contribution in [-0.2, 0) is 22.5 Å². The predicted octanol–water partition coefficient (Wildman–Crippen LogP) is 2.90. The number of alkyl carbamates (subject to hydrolysis) is 1. The number of nitrogens with one attached hydrogen (secondary N) is 1. The first-order valence-electron chi connectivity index (χ1n) is 6.72. The lowest BCUT2D eigenvalue weighted by molar-refractivity contribution is 0.0775. The van der Waals surface area contributed by atoms with E-state index in [2.05, 4.69) is 12.2 Å². The molecule has 0 unspecified atom stereocenters. The molecule has 0 aliphatic heterocycles. The van der Waals surface area contributed by atoms with E-state index in [1.807, 2.05) is 38.1 Å². The van der Waals surface area contributed by atoms with Gasteiger partial charge in [0.25, 0.3) is 0 Å². The van der Waals surface area contributed by atoms with E-state index in [4.69, 9.17) is 9.47 Å². The number of hydrogen-bond acceptors (Lipinski definition) is 3. The van der Waals surface area contributed by atoms with Crippen molar-refractivity contribution in [2.45, 2.75) is 39.9 Å². The lowest BCUT2D eigenvalue weighted by Gasteiger charge is -2.09. The molecule has 1 rings (SSSR count). The first kappa shape index (κ1) is 15.5. The molecule has 1 aromatic rings. The summed E-state index contributed by atoms with van der Waals surface area (Å²) in [6.45, 7) is 7.28. The molecule has 4 heteroatoms. The van der Waals surface area contributed by atoms with Gasteiger partial charge in [0, 0.05) is 6.54 Å². The van der Waals surface area contributed by atoms with Crippen LogP contribution in [0.5, 0.6) is 0 Å². The third-order valence-corrected chi connectivity index (χ3v) is 2.62. The maximum absolute atomic E-state index is 11.4. The zero-order valence-electron chi connectivity index (χ0n) is 11.9. The Morgan fingerprint density at radius 3 is 2.42 bits per heavy atom. The summed E-state index contributed by atoms with van der Waals surface area (Å²) in [5.74, 6) is 0. The molecule has 1 aromatic carbocycles. The summed E-state index contributed by atoms with van der Waals surface area (Å²) in [5.41, 5.74) is 2.27. The number of carbonyl (C=O) groups is 1. The van der Waals surface area contributed by atoms with Crippen molar-refractivity contribution in [2.24, 2.45) is 0 Å². The molecular weight excluding hydrogens is 242 g/mol. The van der Waals surface area contributed by atoms with Crippen LogP contribution in [0.3, 0.4) is 0 Å². The van der Waals surface area contributed by atoms with Gasteiger partial charge in [-0.1, -0.05) is 31.2 Å². The number of aryl methyl sites for hydroxylation is 1. The van der Waals surface area contributed by atoms with Gasteiger partial charge in [0.05, 0.1) is 12.7 Å². The second kappa shape index (κ2) is 8.53. The maximum Gasteiger partial charge on any atom is 0.407 e. The van der Waals surface area contributed by atoms with Gasteiger partial charge in [-0.25, -0.2) is 4.79 Å². The average Bonchev–Trinajstić information content (AvgIpc) is 2.41. The molecule has 0 heterocycles. The Balaban J connectivity index is 2.18. The molecule has 1 amide bonds. The number of hydrogen-bond donors (Lipinski definition) is 1. The van der Waals surface area contributed by atoms with E-state index >= 15 is 0 Å². The molecular formula is C15H23NO3. The third kappa shape index (κ3) is 6.82. The summed E-state index contributed by atoms with van der Waals surface area (Å²) in [6.07, 6.45) is 0.777. The van der Waals surface area contributed by atoms with E-state index in [1.165, 1.54) is 5.56 Å². The predicted molar refractivity (Wildman–Crippen MR) is 75.1 cm³/mol. The molecule has 106 valence electrons. The standard InChI is InChI=1S/C15H23NO3/c1-4-13-5-7-14(8-6-13)11-19-15(17)16-9-10-18-12(2)3/h5-8,12H,4,9-11H2,1-3H3,(H,16,17). The zero-order chi connectivity index (χ0) is 14.1. The van der Waals surface area contributed by atoms with E-state index < -0.39 is 6.09 Å². The minimum Gasteiger partial charge on any atom is -0.445 e. The second-order valence-corrected chi connectivity index (χ2v) is 4.59. The lowest BCUT2D eigenvalue weighted by Crippen LogP contribution is -2.28. The van der Waals surface area contributed by atoms with Gasteiger partial charge < -0.3 is 14.8 Å². The van der Waals surface area contributed by atoms with Gasteiger partial charge in [0.1, 0.15) is 6.61 Å². The Bertz CT molecular complexity index is 373. The quantitative estimate of drug-likeness (QED) is 0.771. The van der Waals surface area contributed by atoms with Crippen molar-refractivity contribution in [1.82, 2.24) is 5.32 Å². The van der Waals surface area contributed by atoms with Crippen LogP contribution in [0.25, 0.3) is 0 Å². The van der Waals surface area contributed by atoms with Gasteiger partial charge in [0.2, 0.25) is 0 Å². The second-order valence-electron chi connectivity index (χ2n) is 4.59. The van der Waals surface area contributed by atoms with Crippen LogP contribution in [0.2, 0.25) is 0 Å². The Morgan fingerprint density at radius 1 is 1.21 bits per heavy atom. The number of ether oxygens (including phenoxy) is 2. The molecule has 0 spiro atoms. The van der Waals surface area contributed by atoms with Gasteiger partial charge in [-0.2, -0.15) is 0 Å². The van der Waals surface area contributed by atoms with Gasteiger partial charge in [-0.15, -0.1) is 0 Å². The van der Waals surface area contributed by atoms with E-state index in [-0.39, 0.29) is 6.10 Å². The van der Waals surface area contributed by atoms with Gasteiger partial charge >= 0.3 is 6.09 Å². The summed E-state index contributed by atoms with van der Waals surface area (Å²) >= 11 is 0. The SMILES string of the molecule is CCc1ccc(COC(=O)NCCOC(C)C)cc1. The van der Waals surface area contributed by atoms with E-state index in [1.54, 1.807) is 0 Å². The van der Waals surface area contributed by atoms with Crippen molar-refractivity contribution < 1.29 is 14.3 Å². The molecule has 19 heavy (non-hydrogen) atoms. The highest BCUT2D eigenvalue weighted by Crippen LogP contribution is 2.06. The van der Waals surface area contributed by atoms with E-state index in [0.717, 1.165) is 12.0 Å². The van der Waals surface area contributed by atoms with Crippen molar-refractivity contribution in [3.8, 4) is 0 Å². The summed E-state index contributed by atoms with van der Waals surface area (Å²) in [5, 5.41) is 2.64. The van der Waals surface area contributed by atoms with Crippen LogP contribution in [0.15, 0.2) is 24.3 Å². The van der Waals surface area contributed by atoms with Crippen LogP contribution in [0.4, 0.5) is 4.79 Å². The fourth-order valence-corrected chi connectivity index (χ4v) is 1.52. The van der Waals surface area contributed by atoms with Gasteiger partial charge in [-0.05, 0) is 31.4 Å². The fourth-order valence-electron chi connectivity index (χ4n) is 1.52. The third-order valence-electron chi connectivity index (χ3n) is 2.62. The molecule has 4 nitrogen and oxygen atoms in total. The molecule has 0 saturated carbocycles. The molecule has 0 aliphatic rings. The van der Waals surface area contributed by atoms with Crippen LogP contribution in [0.1, 0.15) is 31.9 Å². The Morgan fingerprint density at radius 2 is 1.84 bits per heavy atom. The van der Waals surface area contributed by atoms with Gasteiger partial charge in [-0.3, -0.25) is 0 Å². The van der Waals surface area contributed by atoms with Crippen molar-refractivity contribution in [3.05, 3.63) is 35.4 Å². The van der Waals surface area contributed by atoms with Crippen molar-refractivity contribution >= 4 is 6.09 Å². The largest absolute Gasteiger partial charge is 0.445 e. The highest BCUT2D eigenvalue weighted by molar-refractivity contribution is 5.67. The Kier molecular flexibility index (Phi) is 6.97. The zero-order valence-corrected chi connectivity index (χ0v) is 11.9. The van der Waals surface area contributed by atoms with E-state index in [0.29, 0.717) is 19.8 Å². The monoisotopic (exact) mass is 265 g/mol. The lowest BCUT2D eigenvalue weighted by atomic mass is 10.1. The minimum absolute atomic E-state index is 0.176. The number of rotatable bonds is 7. The molecule has 0 atom stereocenters. The first-order chi connectivity index (χ1) is 9.11. The Hall–Kier alpha value is -1.55. The van der Waals surface area contributed by atoms with Crippen LogP contribution >= 0.6 is 0 Å². The van der Waals surface area contributed by atoms with Crippen LogP contribution in [-0.4, -0.2) is 25.3 Å². The van der Waals surface area contributed by atoms with Crippen molar-refractivity contribution in [1.29, 1.82) is 0 Å². The molecule has 0 aromatic heterocycles. The smallest absolute Gasteiger partial charge is 0.407 e. The molecule has 0 aliphatic carbocycles. The minimum atomic E-state index is -0.410. The van der Waals surface area contributed by atoms with Crippen LogP contribution in [0, 0.1) is 0 Å². The van der Waals surface area contributed by atoms with Crippen LogP contribution < -0.4 is 5.32 Å². The molecule has 0 saturated heterocycles.